The van der Waals surface area contributed by atoms with Gasteiger partial charge in [-0.2, -0.15) is 12.6 Å². The summed E-state index contributed by atoms with van der Waals surface area (Å²) in [5, 5.41) is 9.91. The van der Waals surface area contributed by atoms with E-state index >= 15 is 0 Å². The van der Waals surface area contributed by atoms with Crippen LogP contribution in [0.1, 0.15) is 19.3 Å². The second-order valence-electron chi connectivity index (χ2n) is 2.68. The van der Waals surface area contributed by atoms with E-state index in [0.29, 0.717) is 12.2 Å². The van der Waals surface area contributed by atoms with Gasteiger partial charge < -0.3 is 9.94 Å². The summed E-state index contributed by atoms with van der Waals surface area (Å²) < 4.78 is 0. The Hall–Kier alpha value is -0.750. The topological polar surface area (TPSA) is 66.8 Å². The number of nitrogens with zero attached hydrogens (tertiary/aromatic N) is 1. The molecule has 5 nitrogen and oxygen atoms in total. The Bertz CT molecular complexity index is 221. The Morgan fingerprint density at radius 3 is 2.92 bits per heavy atom. The lowest BCUT2D eigenvalue weighted by Crippen LogP contribution is -2.35. The first-order valence-corrected chi connectivity index (χ1v) is 4.60. The third-order valence-corrected chi connectivity index (χ3v) is 1.87. The average molecular weight is 205 g/mol. The largest absolute Gasteiger partial charge is 0.370 e. The average Bonchev–Trinajstić information content (AvgIpc) is 2.36. The van der Waals surface area contributed by atoms with Gasteiger partial charge in [0.25, 0.3) is 5.91 Å². The minimum atomic E-state index is -0.989. The van der Waals surface area contributed by atoms with Crippen LogP contribution in [0.5, 0.6) is 0 Å². The van der Waals surface area contributed by atoms with Crippen molar-refractivity contribution in [2.24, 2.45) is 0 Å². The maximum atomic E-state index is 11.0. The highest BCUT2D eigenvalue weighted by Gasteiger charge is 2.32. The molecule has 1 atom stereocenters. The van der Waals surface area contributed by atoms with Gasteiger partial charge in [0.1, 0.15) is 0 Å². The van der Waals surface area contributed by atoms with Crippen LogP contribution >= 0.6 is 12.6 Å². The van der Waals surface area contributed by atoms with Crippen LogP contribution in [0.4, 0.5) is 0 Å². The number of hydroxylamine groups is 2. The van der Waals surface area contributed by atoms with Crippen molar-refractivity contribution >= 4 is 24.5 Å². The monoisotopic (exact) mass is 205 g/mol. The summed E-state index contributed by atoms with van der Waals surface area (Å²) in [7, 11) is 0. The first-order chi connectivity index (χ1) is 6.15. The Kier molecular flexibility index (Phi) is 3.56. The summed E-state index contributed by atoms with van der Waals surface area (Å²) in [6.07, 6.45) is -0.335. The van der Waals surface area contributed by atoms with Gasteiger partial charge in [0.2, 0.25) is 0 Å². The summed E-state index contributed by atoms with van der Waals surface area (Å²) in [4.78, 5) is 26.5. The van der Waals surface area contributed by atoms with Crippen molar-refractivity contribution < 1.29 is 19.5 Å². The van der Waals surface area contributed by atoms with Crippen molar-refractivity contribution in [3.8, 4) is 0 Å². The van der Waals surface area contributed by atoms with Crippen LogP contribution in [-0.4, -0.2) is 34.0 Å². The number of hydrogen-bond donors (Lipinski definition) is 2. The number of thiol groups is 1. The normalized spacial score (nSPS) is 22.2. The van der Waals surface area contributed by atoms with Gasteiger partial charge in [-0.3, -0.25) is 4.79 Å². The molecule has 0 aromatic carbocycles. The van der Waals surface area contributed by atoms with Gasteiger partial charge in [-0.05, 0) is 0 Å². The molecule has 1 fully saturated rings. The SMILES string of the molecule is O=C(CCS)ON1C(=O)CCC1O. The molecule has 1 amide bonds. The Balaban J connectivity index is 2.43. The van der Waals surface area contributed by atoms with Crippen molar-refractivity contribution in [2.45, 2.75) is 25.5 Å². The van der Waals surface area contributed by atoms with Crippen LogP contribution < -0.4 is 0 Å². The smallest absolute Gasteiger partial charge is 0.333 e. The van der Waals surface area contributed by atoms with Crippen LogP contribution in [-0.2, 0) is 14.4 Å². The van der Waals surface area contributed by atoms with Crippen LogP contribution in [0.15, 0.2) is 0 Å². The first-order valence-electron chi connectivity index (χ1n) is 3.97. The predicted molar refractivity (Wildman–Crippen MR) is 46.6 cm³/mol. The van der Waals surface area contributed by atoms with Crippen molar-refractivity contribution in [3.05, 3.63) is 0 Å². The number of carbonyl (C=O) groups excluding carboxylic acids is 2. The second-order valence-corrected chi connectivity index (χ2v) is 3.12. The molecule has 1 aliphatic rings. The summed E-state index contributed by atoms with van der Waals surface area (Å²) in [6.45, 7) is 0. The highest BCUT2D eigenvalue weighted by Crippen LogP contribution is 2.16. The zero-order valence-electron chi connectivity index (χ0n) is 6.97. The van der Waals surface area contributed by atoms with E-state index in [1.807, 2.05) is 0 Å². The molecule has 1 N–H and O–H groups in total. The van der Waals surface area contributed by atoms with E-state index < -0.39 is 12.2 Å². The fourth-order valence-corrected chi connectivity index (χ4v) is 1.19. The van der Waals surface area contributed by atoms with E-state index in [0.717, 1.165) is 5.06 Å². The predicted octanol–water partition coefficient (Wildman–Crippen LogP) is -0.295. The molecule has 1 rings (SSSR count). The zero-order chi connectivity index (χ0) is 9.84. The molecule has 1 unspecified atom stereocenters. The van der Waals surface area contributed by atoms with Crippen molar-refractivity contribution in [3.63, 3.8) is 0 Å². The molecule has 13 heavy (non-hydrogen) atoms. The van der Waals surface area contributed by atoms with Gasteiger partial charge in [-0.15, -0.1) is 5.06 Å². The van der Waals surface area contributed by atoms with Crippen LogP contribution in [0.2, 0.25) is 0 Å². The van der Waals surface area contributed by atoms with Crippen molar-refractivity contribution in [1.29, 1.82) is 0 Å². The summed E-state index contributed by atoms with van der Waals surface area (Å²) in [6, 6.07) is 0. The lowest BCUT2D eigenvalue weighted by Gasteiger charge is -2.18. The molecule has 0 saturated carbocycles. The summed E-state index contributed by atoms with van der Waals surface area (Å²) in [5.74, 6) is -0.555. The highest BCUT2D eigenvalue weighted by molar-refractivity contribution is 7.80. The Labute approximate surface area is 81.0 Å². The molecule has 74 valence electrons. The van der Waals surface area contributed by atoms with Crippen LogP contribution in [0, 0.1) is 0 Å². The van der Waals surface area contributed by atoms with E-state index in [9.17, 15) is 14.7 Å². The zero-order valence-corrected chi connectivity index (χ0v) is 7.87. The fourth-order valence-electron chi connectivity index (χ4n) is 1.00. The summed E-state index contributed by atoms with van der Waals surface area (Å²) >= 11 is 3.83. The molecule has 0 aliphatic carbocycles. The fraction of sp³-hybridized carbons (Fsp3) is 0.714. The molecule has 1 aliphatic heterocycles. The molecule has 0 radical (unpaired) electrons. The molecule has 1 heterocycles. The molecule has 6 heteroatoms. The van der Waals surface area contributed by atoms with E-state index in [1.165, 1.54) is 0 Å². The van der Waals surface area contributed by atoms with Gasteiger partial charge in [0.05, 0.1) is 6.42 Å². The molecule has 0 spiro atoms. The van der Waals surface area contributed by atoms with Gasteiger partial charge in [-0.25, -0.2) is 4.79 Å². The molecule has 0 aromatic rings. The minimum Gasteiger partial charge on any atom is -0.370 e. The van der Waals surface area contributed by atoms with E-state index in [-0.39, 0.29) is 18.7 Å². The lowest BCUT2D eigenvalue weighted by atomic mass is 10.4. The molecule has 1 saturated heterocycles. The number of rotatable bonds is 3. The highest BCUT2D eigenvalue weighted by atomic mass is 32.1. The Morgan fingerprint density at radius 2 is 2.46 bits per heavy atom. The van der Waals surface area contributed by atoms with E-state index in [1.54, 1.807) is 0 Å². The van der Waals surface area contributed by atoms with Crippen LogP contribution in [0.25, 0.3) is 0 Å². The van der Waals surface area contributed by atoms with E-state index in [4.69, 9.17) is 0 Å². The van der Waals surface area contributed by atoms with Gasteiger partial charge >= 0.3 is 5.97 Å². The third kappa shape index (κ3) is 2.60. The number of carbonyl (C=O) groups is 2. The number of amides is 1. The van der Waals surface area contributed by atoms with Gasteiger partial charge in [0, 0.05) is 18.6 Å². The number of hydrogen-bond acceptors (Lipinski definition) is 5. The molecular weight excluding hydrogens is 194 g/mol. The number of aliphatic hydroxyl groups excluding tert-OH is 1. The van der Waals surface area contributed by atoms with Crippen LogP contribution in [0.3, 0.4) is 0 Å². The van der Waals surface area contributed by atoms with Gasteiger partial charge in [-0.1, -0.05) is 0 Å². The van der Waals surface area contributed by atoms with Crippen molar-refractivity contribution in [1.82, 2.24) is 5.06 Å². The lowest BCUT2D eigenvalue weighted by molar-refractivity contribution is -0.220. The van der Waals surface area contributed by atoms with Crippen molar-refractivity contribution in [2.75, 3.05) is 5.75 Å². The maximum Gasteiger partial charge on any atom is 0.333 e. The van der Waals surface area contributed by atoms with E-state index in [2.05, 4.69) is 17.5 Å². The minimum absolute atomic E-state index is 0.125. The number of aliphatic hydroxyl groups is 1. The quantitative estimate of drug-likeness (QED) is 0.621. The molecule has 0 bridgehead atoms. The molecule has 0 aromatic heterocycles. The van der Waals surface area contributed by atoms with Gasteiger partial charge in [0.15, 0.2) is 6.23 Å². The molecular formula is C7H11NO4S. The maximum absolute atomic E-state index is 11.0. The summed E-state index contributed by atoms with van der Waals surface area (Å²) in [5.41, 5.74) is 0. The first kappa shape index (κ1) is 10.3. The standard InChI is InChI=1S/C7H11NO4S/c9-5-1-2-6(10)8(5)12-7(11)3-4-13/h5,9,13H,1-4H2. The third-order valence-electron chi connectivity index (χ3n) is 1.65. The Morgan fingerprint density at radius 1 is 1.77 bits per heavy atom. The second kappa shape index (κ2) is 4.48.